The minimum atomic E-state index is -0.568. The molecule has 1 fully saturated rings. The zero-order valence-electron chi connectivity index (χ0n) is 16.6. The van der Waals surface area contributed by atoms with E-state index in [1.165, 1.54) is 0 Å². The van der Waals surface area contributed by atoms with E-state index in [0.29, 0.717) is 18.4 Å². The molecule has 7 heteroatoms. The van der Waals surface area contributed by atoms with Crippen molar-refractivity contribution in [1.29, 1.82) is 5.26 Å². The van der Waals surface area contributed by atoms with Crippen molar-refractivity contribution in [3.05, 3.63) is 58.4 Å². The molecule has 3 unspecified atom stereocenters. The number of nitrogens with zero attached hydrogens (tertiary/aromatic N) is 1. The van der Waals surface area contributed by atoms with E-state index in [2.05, 4.69) is 21.7 Å². The van der Waals surface area contributed by atoms with E-state index >= 15 is 0 Å². The molecule has 3 aromatic rings. The van der Waals surface area contributed by atoms with Crippen LogP contribution in [0, 0.1) is 17.2 Å². The second kappa shape index (κ2) is 9.14. The molecule has 2 aromatic heterocycles. The van der Waals surface area contributed by atoms with E-state index in [1.807, 2.05) is 41.2 Å². The summed E-state index contributed by atoms with van der Waals surface area (Å²) in [5.41, 5.74) is 2.61. The van der Waals surface area contributed by atoms with Crippen molar-refractivity contribution in [2.75, 3.05) is 0 Å². The Kier molecular flexibility index (Phi) is 6.15. The van der Waals surface area contributed by atoms with Gasteiger partial charge in [-0.15, -0.1) is 0 Å². The van der Waals surface area contributed by atoms with Gasteiger partial charge in [0, 0.05) is 35.1 Å². The van der Waals surface area contributed by atoms with Crippen molar-refractivity contribution in [1.82, 2.24) is 15.6 Å². The summed E-state index contributed by atoms with van der Waals surface area (Å²) in [6.45, 7) is 0. The Morgan fingerprint density at radius 3 is 2.90 bits per heavy atom. The Labute approximate surface area is 179 Å². The van der Waals surface area contributed by atoms with Crippen LogP contribution in [0.1, 0.15) is 41.6 Å². The SMILES string of the molecule is N#CC(Cc1ccsc1)NC(=O)C1CCCCC1NC(=O)c1ccc2[nH]ccc2c1. The van der Waals surface area contributed by atoms with Crippen LogP contribution in [0.2, 0.25) is 0 Å². The summed E-state index contributed by atoms with van der Waals surface area (Å²) >= 11 is 1.57. The van der Waals surface area contributed by atoms with Crippen LogP contribution in [0.5, 0.6) is 0 Å². The summed E-state index contributed by atoms with van der Waals surface area (Å²) < 4.78 is 0. The van der Waals surface area contributed by atoms with Crippen molar-refractivity contribution in [3.63, 3.8) is 0 Å². The predicted molar refractivity (Wildman–Crippen MR) is 117 cm³/mol. The summed E-state index contributed by atoms with van der Waals surface area (Å²) in [6.07, 6.45) is 5.73. The van der Waals surface area contributed by atoms with Gasteiger partial charge in [-0.1, -0.05) is 12.8 Å². The first-order valence-corrected chi connectivity index (χ1v) is 11.2. The number of thiophene rings is 1. The number of carbonyl (C=O) groups is 2. The van der Waals surface area contributed by atoms with Crippen molar-refractivity contribution in [2.24, 2.45) is 5.92 Å². The summed E-state index contributed by atoms with van der Waals surface area (Å²) in [5.74, 6) is -0.641. The van der Waals surface area contributed by atoms with Crippen LogP contribution >= 0.6 is 11.3 Å². The van der Waals surface area contributed by atoms with Crippen LogP contribution in [0.4, 0.5) is 0 Å². The Morgan fingerprint density at radius 2 is 2.10 bits per heavy atom. The Bertz CT molecular complexity index is 1070. The Morgan fingerprint density at radius 1 is 1.23 bits per heavy atom. The first kappa shape index (κ1) is 20.2. The monoisotopic (exact) mass is 420 g/mol. The fourth-order valence-corrected chi connectivity index (χ4v) is 4.80. The first-order chi connectivity index (χ1) is 14.6. The van der Waals surface area contributed by atoms with Gasteiger partial charge in [-0.2, -0.15) is 16.6 Å². The van der Waals surface area contributed by atoms with E-state index in [1.54, 1.807) is 17.4 Å². The molecule has 2 heterocycles. The highest BCUT2D eigenvalue weighted by atomic mass is 32.1. The van der Waals surface area contributed by atoms with Crippen molar-refractivity contribution in [2.45, 2.75) is 44.2 Å². The van der Waals surface area contributed by atoms with Crippen molar-refractivity contribution >= 4 is 34.1 Å². The van der Waals surface area contributed by atoms with Crippen molar-refractivity contribution < 1.29 is 9.59 Å². The molecule has 0 aliphatic heterocycles. The molecule has 2 amide bonds. The standard InChI is InChI=1S/C23H24N4O2S/c24-13-18(11-15-8-10-30-14-15)26-23(29)19-3-1-2-4-21(19)27-22(28)17-5-6-20-16(12-17)7-9-25-20/h5-10,12,14,18-19,21,25H,1-4,11H2,(H,26,29)(H,27,28). The number of amides is 2. The number of nitrogens with one attached hydrogen (secondary N) is 3. The van der Waals surface area contributed by atoms with Crippen LogP contribution in [0.3, 0.4) is 0 Å². The Balaban J connectivity index is 1.42. The molecule has 1 aromatic carbocycles. The molecule has 0 bridgehead atoms. The van der Waals surface area contributed by atoms with Gasteiger partial charge in [-0.3, -0.25) is 9.59 Å². The maximum atomic E-state index is 12.9. The van der Waals surface area contributed by atoms with Crippen LogP contribution < -0.4 is 10.6 Å². The number of carbonyl (C=O) groups excluding carboxylic acids is 2. The smallest absolute Gasteiger partial charge is 0.251 e. The van der Waals surface area contributed by atoms with Crippen LogP contribution in [0.15, 0.2) is 47.3 Å². The lowest BCUT2D eigenvalue weighted by Gasteiger charge is -2.31. The molecule has 1 aliphatic carbocycles. The molecule has 30 heavy (non-hydrogen) atoms. The average molecular weight is 421 g/mol. The molecule has 0 saturated heterocycles. The number of fused-ring (bicyclic) bond motifs is 1. The lowest BCUT2D eigenvalue weighted by atomic mass is 9.83. The normalized spacial score (nSPS) is 19.7. The first-order valence-electron chi connectivity index (χ1n) is 10.2. The summed E-state index contributed by atoms with van der Waals surface area (Å²) in [5, 5.41) is 20.4. The molecule has 0 radical (unpaired) electrons. The molecule has 6 nitrogen and oxygen atoms in total. The second-order valence-corrected chi connectivity index (χ2v) is 8.56. The van der Waals surface area contributed by atoms with Gasteiger partial charge in [0.1, 0.15) is 6.04 Å². The zero-order chi connectivity index (χ0) is 20.9. The third-order valence-electron chi connectivity index (χ3n) is 5.73. The number of nitriles is 1. The third kappa shape index (κ3) is 4.55. The topological polar surface area (TPSA) is 97.8 Å². The zero-order valence-corrected chi connectivity index (χ0v) is 17.4. The number of aromatic nitrogens is 1. The summed E-state index contributed by atoms with van der Waals surface area (Å²) in [4.78, 5) is 28.9. The summed E-state index contributed by atoms with van der Waals surface area (Å²) in [7, 11) is 0. The van der Waals surface area contributed by atoms with Gasteiger partial charge in [-0.25, -0.2) is 0 Å². The third-order valence-corrected chi connectivity index (χ3v) is 6.46. The minimum absolute atomic E-state index is 0.150. The van der Waals surface area contributed by atoms with Gasteiger partial charge >= 0.3 is 0 Å². The number of H-pyrrole nitrogens is 1. The van der Waals surface area contributed by atoms with Gasteiger partial charge in [0.2, 0.25) is 5.91 Å². The van der Waals surface area contributed by atoms with E-state index in [4.69, 9.17) is 0 Å². The molecule has 1 saturated carbocycles. The molecule has 3 atom stereocenters. The average Bonchev–Trinajstić information content (AvgIpc) is 3.44. The quantitative estimate of drug-likeness (QED) is 0.566. The molecule has 3 N–H and O–H groups in total. The van der Waals surface area contributed by atoms with Gasteiger partial charge in [-0.05, 0) is 59.5 Å². The maximum absolute atomic E-state index is 12.9. The van der Waals surface area contributed by atoms with Gasteiger partial charge in [0.05, 0.1) is 12.0 Å². The van der Waals surface area contributed by atoms with Crippen molar-refractivity contribution in [3.8, 4) is 6.07 Å². The lowest BCUT2D eigenvalue weighted by molar-refractivity contribution is -0.127. The fourth-order valence-electron chi connectivity index (χ4n) is 4.12. The molecule has 0 spiro atoms. The van der Waals surface area contributed by atoms with E-state index < -0.39 is 6.04 Å². The Hall–Kier alpha value is -3.11. The predicted octanol–water partition coefficient (Wildman–Crippen LogP) is 3.77. The van der Waals surface area contributed by atoms with E-state index in [-0.39, 0.29) is 23.8 Å². The van der Waals surface area contributed by atoms with Gasteiger partial charge in [0.25, 0.3) is 5.91 Å². The highest BCUT2D eigenvalue weighted by Crippen LogP contribution is 2.26. The highest BCUT2D eigenvalue weighted by Gasteiger charge is 2.33. The highest BCUT2D eigenvalue weighted by molar-refractivity contribution is 7.07. The number of hydrogen-bond acceptors (Lipinski definition) is 4. The molecule has 4 rings (SSSR count). The van der Waals surface area contributed by atoms with Crippen LogP contribution in [-0.4, -0.2) is 28.9 Å². The van der Waals surface area contributed by atoms with E-state index in [0.717, 1.165) is 35.7 Å². The molecular formula is C23H24N4O2S. The van der Waals surface area contributed by atoms with Gasteiger partial charge in [0.15, 0.2) is 0 Å². The maximum Gasteiger partial charge on any atom is 0.251 e. The molecule has 1 aliphatic rings. The lowest BCUT2D eigenvalue weighted by Crippen LogP contribution is -2.50. The van der Waals surface area contributed by atoms with Crippen LogP contribution in [0.25, 0.3) is 10.9 Å². The summed E-state index contributed by atoms with van der Waals surface area (Å²) in [6, 6.07) is 10.8. The molecule has 154 valence electrons. The molecular weight excluding hydrogens is 396 g/mol. The number of hydrogen-bond donors (Lipinski definition) is 3. The second-order valence-electron chi connectivity index (χ2n) is 7.78. The number of benzene rings is 1. The largest absolute Gasteiger partial charge is 0.361 e. The minimum Gasteiger partial charge on any atom is -0.361 e. The van der Waals surface area contributed by atoms with E-state index in [9.17, 15) is 14.9 Å². The van der Waals surface area contributed by atoms with Gasteiger partial charge < -0.3 is 15.6 Å². The number of aromatic amines is 1. The fraction of sp³-hybridized carbons (Fsp3) is 0.348. The number of rotatable bonds is 6. The van der Waals surface area contributed by atoms with Crippen LogP contribution in [-0.2, 0) is 11.2 Å².